The number of hydrogen-bond acceptors (Lipinski definition) is 4. The number of nitriles is 1. The molecule has 5 heteroatoms. The Labute approximate surface area is 107 Å². The predicted molar refractivity (Wildman–Crippen MR) is 67.8 cm³/mol. The number of nitrogens with zero attached hydrogens (tertiary/aromatic N) is 1. The third kappa shape index (κ3) is 4.44. The van der Waals surface area contributed by atoms with Gasteiger partial charge in [-0.05, 0) is 31.2 Å². The molecule has 1 amide bonds. The number of amides is 1. The summed E-state index contributed by atoms with van der Waals surface area (Å²) in [6.45, 7) is 1.29. The monoisotopic (exact) mass is 247 g/mol. The van der Waals surface area contributed by atoms with Gasteiger partial charge in [-0.25, -0.2) is 0 Å². The normalized spacial score (nSPS) is 9.78. The number of hydrogen-bond donors (Lipinski definition) is 2. The highest BCUT2D eigenvalue weighted by Crippen LogP contribution is 2.19. The third-order valence-electron chi connectivity index (χ3n) is 2.50. The summed E-state index contributed by atoms with van der Waals surface area (Å²) in [5, 5.41) is 12.0. The van der Waals surface area contributed by atoms with E-state index < -0.39 is 0 Å². The smallest absolute Gasteiger partial charge is 0.217 e. The van der Waals surface area contributed by atoms with E-state index in [4.69, 9.17) is 15.7 Å². The van der Waals surface area contributed by atoms with Crippen molar-refractivity contribution in [1.29, 1.82) is 5.26 Å². The molecule has 0 aliphatic carbocycles. The van der Waals surface area contributed by atoms with Gasteiger partial charge >= 0.3 is 0 Å². The zero-order valence-corrected chi connectivity index (χ0v) is 10.4. The van der Waals surface area contributed by atoms with Gasteiger partial charge in [0, 0.05) is 18.5 Å². The molecule has 1 rings (SSSR count). The fraction of sp³-hybridized carbons (Fsp3) is 0.385. The number of carbonyl (C=O) groups is 1. The first-order chi connectivity index (χ1) is 8.67. The van der Waals surface area contributed by atoms with Crippen LogP contribution in [0.5, 0.6) is 5.75 Å². The first kappa shape index (κ1) is 14.0. The molecule has 0 bridgehead atoms. The SMILES string of the molecule is COc1ccc(C#N)cc1CNCCCC(N)=O. The fourth-order valence-electron chi connectivity index (χ4n) is 1.60. The van der Waals surface area contributed by atoms with Crippen molar-refractivity contribution in [1.82, 2.24) is 5.32 Å². The van der Waals surface area contributed by atoms with E-state index in [9.17, 15) is 4.79 Å². The van der Waals surface area contributed by atoms with E-state index in [1.165, 1.54) is 0 Å². The molecule has 0 saturated heterocycles. The van der Waals surface area contributed by atoms with E-state index in [-0.39, 0.29) is 5.91 Å². The molecule has 0 radical (unpaired) electrons. The molecule has 0 aliphatic rings. The lowest BCUT2D eigenvalue weighted by Crippen LogP contribution is -2.18. The summed E-state index contributed by atoms with van der Waals surface area (Å²) in [6.07, 6.45) is 1.08. The predicted octanol–water partition coefficient (Wildman–Crippen LogP) is 0.922. The number of nitrogens with two attached hydrogens (primary N) is 1. The maximum absolute atomic E-state index is 10.6. The number of primary amides is 1. The van der Waals surface area contributed by atoms with E-state index in [0.717, 1.165) is 11.3 Å². The van der Waals surface area contributed by atoms with Crippen LogP contribution >= 0.6 is 0 Å². The number of nitrogens with one attached hydrogen (secondary N) is 1. The lowest BCUT2D eigenvalue weighted by Gasteiger charge is -2.09. The van der Waals surface area contributed by atoms with Crippen LogP contribution in [-0.2, 0) is 11.3 Å². The van der Waals surface area contributed by atoms with Crippen LogP contribution in [0, 0.1) is 11.3 Å². The molecule has 3 N–H and O–H groups in total. The average Bonchev–Trinajstić information content (AvgIpc) is 2.37. The molecule has 0 atom stereocenters. The van der Waals surface area contributed by atoms with E-state index in [2.05, 4.69) is 11.4 Å². The molecule has 1 aromatic rings. The molecular formula is C13H17N3O2. The maximum atomic E-state index is 10.6. The highest BCUT2D eigenvalue weighted by atomic mass is 16.5. The highest BCUT2D eigenvalue weighted by molar-refractivity contribution is 5.73. The van der Waals surface area contributed by atoms with E-state index in [1.54, 1.807) is 25.3 Å². The molecule has 0 saturated carbocycles. The minimum absolute atomic E-state index is 0.291. The van der Waals surface area contributed by atoms with Gasteiger partial charge in [-0.3, -0.25) is 4.79 Å². The second-order valence-electron chi connectivity index (χ2n) is 3.89. The van der Waals surface area contributed by atoms with Crippen molar-refractivity contribution in [2.45, 2.75) is 19.4 Å². The fourth-order valence-corrected chi connectivity index (χ4v) is 1.60. The summed E-state index contributed by atoms with van der Waals surface area (Å²) < 4.78 is 5.22. The Morgan fingerprint density at radius 3 is 2.94 bits per heavy atom. The van der Waals surface area contributed by atoms with Crippen LogP contribution in [0.25, 0.3) is 0 Å². The second kappa shape index (κ2) is 7.30. The van der Waals surface area contributed by atoms with Crippen LogP contribution in [0.3, 0.4) is 0 Å². The van der Waals surface area contributed by atoms with Crippen molar-refractivity contribution < 1.29 is 9.53 Å². The number of rotatable bonds is 7. The van der Waals surface area contributed by atoms with Crippen molar-refractivity contribution in [2.24, 2.45) is 5.73 Å². The molecule has 0 aromatic heterocycles. The molecule has 18 heavy (non-hydrogen) atoms. The molecular weight excluding hydrogens is 230 g/mol. The molecule has 1 aromatic carbocycles. The highest BCUT2D eigenvalue weighted by Gasteiger charge is 2.04. The van der Waals surface area contributed by atoms with Gasteiger partial charge in [-0.15, -0.1) is 0 Å². The standard InChI is InChI=1S/C13H17N3O2/c1-18-12-5-4-10(8-14)7-11(12)9-16-6-2-3-13(15)17/h4-5,7,16H,2-3,6,9H2,1H3,(H2,15,17). The summed E-state index contributed by atoms with van der Waals surface area (Å²) in [5.41, 5.74) is 6.57. The van der Waals surface area contributed by atoms with Crippen LogP contribution in [-0.4, -0.2) is 19.6 Å². The molecule has 0 fully saturated rings. The molecule has 5 nitrogen and oxygen atoms in total. The molecule has 0 heterocycles. The van der Waals surface area contributed by atoms with Gasteiger partial charge < -0.3 is 15.8 Å². The first-order valence-corrected chi connectivity index (χ1v) is 5.73. The van der Waals surface area contributed by atoms with Crippen LogP contribution < -0.4 is 15.8 Å². The van der Waals surface area contributed by atoms with Crippen molar-refractivity contribution in [3.63, 3.8) is 0 Å². The zero-order chi connectivity index (χ0) is 13.4. The van der Waals surface area contributed by atoms with Crippen molar-refractivity contribution in [3.8, 4) is 11.8 Å². The Morgan fingerprint density at radius 2 is 2.33 bits per heavy atom. The Bertz CT molecular complexity index is 452. The average molecular weight is 247 g/mol. The van der Waals surface area contributed by atoms with Gasteiger partial charge in [0.2, 0.25) is 5.91 Å². The Morgan fingerprint density at radius 1 is 1.56 bits per heavy atom. The van der Waals surface area contributed by atoms with Crippen LogP contribution in [0.1, 0.15) is 24.0 Å². The summed E-state index contributed by atoms with van der Waals surface area (Å²) in [6, 6.07) is 7.38. The van der Waals surface area contributed by atoms with Gasteiger partial charge in [0.1, 0.15) is 5.75 Å². The topological polar surface area (TPSA) is 88.1 Å². The van der Waals surface area contributed by atoms with Crippen LogP contribution in [0.2, 0.25) is 0 Å². The number of carbonyl (C=O) groups excluding carboxylic acids is 1. The van der Waals surface area contributed by atoms with Gasteiger partial charge in [0.25, 0.3) is 0 Å². The van der Waals surface area contributed by atoms with Crippen molar-refractivity contribution in [2.75, 3.05) is 13.7 Å². The number of ether oxygens (including phenoxy) is 1. The van der Waals surface area contributed by atoms with Crippen LogP contribution in [0.4, 0.5) is 0 Å². The van der Waals surface area contributed by atoms with Crippen molar-refractivity contribution in [3.05, 3.63) is 29.3 Å². The summed E-state index contributed by atoms with van der Waals surface area (Å²) >= 11 is 0. The van der Waals surface area contributed by atoms with Crippen LogP contribution in [0.15, 0.2) is 18.2 Å². The number of methoxy groups -OCH3 is 1. The largest absolute Gasteiger partial charge is 0.496 e. The Balaban J connectivity index is 2.50. The zero-order valence-electron chi connectivity index (χ0n) is 10.4. The Kier molecular flexibility index (Phi) is 5.68. The number of benzene rings is 1. The van der Waals surface area contributed by atoms with Gasteiger partial charge in [-0.1, -0.05) is 0 Å². The minimum atomic E-state index is -0.291. The molecule has 0 aliphatic heterocycles. The lowest BCUT2D eigenvalue weighted by molar-refractivity contribution is -0.118. The summed E-state index contributed by atoms with van der Waals surface area (Å²) in [4.78, 5) is 10.6. The first-order valence-electron chi connectivity index (χ1n) is 5.73. The molecule has 0 unspecified atom stereocenters. The third-order valence-corrected chi connectivity index (χ3v) is 2.50. The van der Waals surface area contributed by atoms with E-state index >= 15 is 0 Å². The van der Waals surface area contributed by atoms with Gasteiger partial charge in [0.15, 0.2) is 0 Å². The molecule has 0 spiro atoms. The van der Waals surface area contributed by atoms with Gasteiger partial charge in [0.05, 0.1) is 18.7 Å². The van der Waals surface area contributed by atoms with E-state index in [1.807, 2.05) is 0 Å². The summed E-state index contributed by atoms with van der Waals surface area (Å²) in [5.74, 6) is 0.456. The maximum Gasteiger partial charge on any atom is 0.217 e. The minimum Gasteiger partial charge on any atom is -0.496 e. The van der Waals surface area contributed by atoms with Gasteiger partial charge in [-0.2, -0.15) is 5.26 Å². The summed E-state index contributed by atoms with van der Waals surface area (Å²) in [7, 11) is 1.60. The van der Waals surface area contributed by atoms with Crippen molar-refractivity contribution >= 4 is 5.91 Å². The second-order valence-corrected chi connectivity index (χ2v) is 3.89. The van der Waals surface area contributed by atoms with E-state index in [0.29, 0.717) is 31.5 Å². The Hall–Kier alpha value is -2.06. The molecule has 96 valence electrons. The quantitative estimate of drug-likeness (QED) is 0.701. The lowest BCUT2D eigenvalue weighted by atomic mass is 10.1.